The second kappa shape index (κ2) is 5.57. The summed E-state index contributed by atoms with van der Waals surface area (Å²) in [6.07, 6.45) is 1.44. The van der Waals surface area contributed by atoms with E-state index in [1.807, 2.05) is 28.8 Å². The lowest BCUT2D eigenvalue weighted by Crippen LogP contribution is -2.02. The second-order valence-corrected chi connectivity index (χ2v) is 4.49. The normalized spacial score (nSPS) is 10.8. The molecule has 0 bridgehead atoms. The monoisotopic (exact) mass is 304 g/mol. The van der Waals surface area contributed by atoms with Gasteiger partial charge in [-0.05, 0) is 12.1 Å². The number of methoxy groups -OCH3 is 2. The Hall–Kier alpha value is -2.34. The van der Waals surface area contributed by atoms with Crippen LogP contribution in [0.5, 0.6) is 11.6 Å². The van der Waals surface area contributed by atoms with Crippen molar-refractivity contribution in [1.82, 2.24) is 19.5 Å². The van der Waals surface area contributed by atoms with Crippen molar-refractivity contribution in [1.29, 1.82) is 0 Å². The fraction of sp³-hybridized carbons (Fsp3) is 0.214. The molecule has 0 unspecified atom stereocenters. The Balaban J connectivity index is 2.36. The lowest BCUT2D eigenvalue weighted by atomic mass is 10.3. The van der Waals surface area contributed by atoms with Crippen LogP contribution in [0.25, 0.3) is 16.9 Å². The van der Waals surface area contributed by atoms with Crippen molar-refractivity contribution in [2.75, 3.05) is 14.2 Å². The Bertz CT molecular complexity index is 788. The van der Waals surface area contributed by atoms with Crippen molar-refractivity contribution in [2.24, 2.45) is 0 Å². The van der Waals surface area contributed by atoms with Gasteiger partial charge in [0.1, 0.15) is 17.9 Å². The molecule has 108 valence electrons. The van der Waals surface area contributed by atoms with E-state index in [0.717, 1.165) is 5.69 Å². The molecule has 7 heteroatoms. The predicted molar refractivity (Wildman–Crippen MR) is 79.3 cm³/mol. The maximum absolute atomic E-state index is 6.03. The number of para-hydroxylation sites is 2. The molecule has 3 rings (SSSR count). The number of hydrogen-bond donors (Lipinski definition) is 0. The molecule has 0 atom stereocenters. The Labute approximate surface area is 126 Å². The third-order valence-corrected chi connectivity index (χ3v) is 3.36. The number of aromatic nitrogens is 4. The first-order chi connectivity index (χ1) is 10.3. The topological polar surface area (TPSA) is 62.1 Å². The van der Waals surface area contributed by atoms with E-state index in [4.69, 9.17) is 21.1 Å². The predicted octanol–water partition coefficient (Wildman–Crippen LogP) is 2.57. The maximum atomic E-state index is 6.03. The van der Waals surface area contributed by atoms with Crippen molar-refractivity contribution in [3.05, 3.63) is 36.4 Å². The first kappa shape index (κ1) is 13.6. The molecule has 0 fully saturated rings. The molecule has 0 saturated carbocycles. The van der Waals surface area contributed by atoms with Crippen LogP contribution in [0.2, 0.25) is 0 Å². The van der Waals surface area contributed by atoms with Crippen molar-refractivity contribution in [2.45, 2.75) is 5.88 Å². The average molecular weight is 305 g/mol. The van der Waals surface area contributed by atoms with Gasteiger partial charge in [-0.25, -0.2) is 9.97 Å². The van der Waals surface area contributed by atoms with Crippen molar-refractivity contribution in [3.63, 3.8) is 0 Å². The number of imidazole rings is 1. The average Bonchev–Trinajstić information content (AvgIpc) is 2.93. The van der Waals surface area contributed by atoms with Crippen LogP contribution in [-0.4, -0.2) is 33.7 Å². The number of rotatable bonds is 4. The molecule has 0 N–H and O–H groups in total. The van der Waals surface area contributed by atoms with Gasteiger partial charge >= 0.3 is 0 Å². The molecule has 0 radical (unpaired) electrons. The van der Waals surface area contributed by atoms with Crippen LogP contribution >= 0.6 is 11.6 Å². The Kier molecular flexibility index (Phi) is 3.62. The van der Waals surface area contributed by atoms with Crippen molar-refractivity contribution in [3.8, 4) is 17.3 Å². The Morgan fingerprint density at radius 2 is 1.95 bits per heavy atom. The molecular weight excluding hydrogens is 292 g/mol. The summed E-state index contributed by atoms with van der Waals surface area (Å²) in [7, 11) is 3.16. The third kappa shape index (κ3) is 2.17. The van der Waals surface area contributed by atoms with Crippen LogP contribution in [0.4, 0.5) is 0 Å². The van der Waals surface area contributed by atoms with Gasteiger partial charge in [-0.15, -0.1) is 11.6 Å². The minimum Gasteiger partial charge on any atom is -0.495 e. The third-order valence-electron chi connectivity index (χ3n) is 3.12. The Morgan fingerprint density at radius 3 is 2.67 bits per heavy atom. The SMILES string of the molecule is COc1ccccc1-n1c(CCl)nc2c(OC)ncnc21. The molecule has 2 aromatic heterocycles. The van der Waals surface area contributed by atoms with E-state index in [0.29, 0.717) is 28.6 Å². The minimum absolute atomic E-state index is 0.234. The molecular formula is C14H13ClN4O2. The molecule has 21 heavy (non-hydrogen) atoms. The molecule has 3 aromatic rings. The summed E-state index contributed by atoms with van der Waals surface area (Å²) in [6, 6.07) is 7.61. The summed E-state index contributed by atoms with van der Waals surface area (Å²) in [5.74, 6) is 2.01. The van der Waals surface area contributed by atoms with Gasteiger partial charge in [0.15, 0.2) is 11.2 Å². The zero-order chi connectivity index (χ0) is 14.8. The van der Waals surface area contributed by atoms with Gasteiger partial charge < -0.3 is 9.47 Å². The zero-order valence-electron chi connectivity index (χ0n) is 11.6. The van der Waals surface area contributed by atoms with Gasteiger partial charge in [-0.1, -0.05) is 12.1 Å². The van der Waals surface area contributed by atoms with E-state index in [1.165, 1.54) is 6.33 Å². The van der Waals surface area contributed by atoms with E-state index in [9.17, 15) is 0 Å². The fourth-order valence-electron chi connectivity index (χ4n) is 2.22. The lowest BCUT2D eigenvalue weighted by Gasteiger charge is -2.11. The molecule has 0 amide bonds. The molecule has 0 saturated heterocycles. The summed E-state index contributed by atoms with van der Waals surface area (Å²) >= 11 is 6.03. The zero-order valence-corrected chi connectivity index (χ0v) is 12.3. The highest BCUT2D eigenvalue weighted by molar-refractivity contribution is 6.17. The van der Waals surface area contributed by atoms with Crippen LogP contribution in [-0.2, 0) is 5.88 Å². The maximum Gasteiger partial charge on any atom is 0.245 e. The number of halogens is 1. The summed E-state index contributed by atoms with van der Waals surface area (Å²) in [5, 5.41) is 0. The van der Waals surface area contributed by atoms with Crippen LogP contribution < -0.4 is 9.47 Å². The highest BCUT2D eigenvalue weighted by atomic mass is 35.5. The first-order valence-electron chi connectivity index (χ1n) is 6.25. The summed E-state index contributed by atoms with van der Waals surface area (Å²) in [4.78, 5) is 12.9. The summed E-state index contributed by atoms with van der Waals surface area (Å²) in [5.41, 5.74) is 2.02. The quantitative estimate of drug-likeness (QED) is 0.693. The van der Waals surface area contributed by atoms with E-state index in [-0.39, 0.29) is 5.88 Å². The molecule has 0 aliphatic carbocycles. The standard InChI is InChI=1S/C14H13ClN4O2/c1-20-10-6-4-3-5-9(10)19-11(7-15)18-12-13(19)16-8-17-14(12)21-2/h3-6,8H,7H2,1-2H3. The number of hydrogen-bond acceptors (Lipinski definition) is 5. The van der Waals surface area contributed by atoms with E-state index < -0.39 is 0 Å². The lowest BCUT2D eigenvalue weighted by molar-refractivity contribution is 0.401. The van der Waals surface area contributed by atoms with Gasteiger partial charge in [0, 0.05) is 0 Å². The number of fused-ring (bicyclic) bond motifs is 1. The number of ether oxygens (including phenoxy) is 2. The number of benzene rings is 1. The first-order valence-corrected chi connectivity index (χ1v) is 6.79. The number of alkyl halides is 1. The molecule has 6 nitrogen and oxygen atoms in total. The van der Waals surface area contributed by atoms with Gasteiger partial charge in [0.2, 0.25) is 5.88 Å². The van der Waals surface area contributed by atoms with Gasteiger partial charge in [-0.2, -0.15) is 4.98 Å². The summed E-state index contributed by atoms with van der Waals surface area (Å²) < 4.78 is 12.5. The second-order valence-electron chi connectivity index (χ2n) is 4.22. The highest BCUT2D eigenvalue weighted by Crippen LogP contribution is 2.30. The van der Waals surface area contributed by atoms with Crippen LogP contribution in [0, 0.1) is 0 Å². The highest BCUT2D eigenvalue weighted by Gasteiger charge is 2.19. The van der Waals surface area contributed by atoms with E-state index >= 15 is 0 Å². The van der Waals surface area contributed by atoms with Gasteiger partial charge in [0.05, 0.1) is 25.8 Å². The van der Waals surface area contributed by atoms with Crippen molar-refractivity contribution < 1.29 is 9.47 Å². The number of nitrogens with zero attached hydrogens (tertiary/aromatic N) is 4. The van der Waals surface area contributed by atoms with E-state index in [2.05, 4.69) is 15.0 Å². The fourth-order valence-corrected chi connectivity index (χ4v) is 2.40. The molecule has 0 spiro atoms. The van der Waals surface area contributed by atoms with Gasteiger partial charge in [-0.3, -0.25) is 4.57 Å². The van der Waals surface area contributed by atoms with Gasteiger partial charge in [0.25, 0.3) is 0 Å². The molecule has 0 aliphatic heterocycles. The largest absolute Gasteiger partial charge is 0.495 e. The van der Waals surface area contributed by atoms with Crippen molar-refractivity contribution >= 4 is 22.8 Å². The minimum atomic E-state index is 0.234. The van der Waals surface area contributed by atoms with Crippen LogP contribution in [0.3, 0.4) is 0 Å². The van der Waals surface area contributed by atoms with Crippen LogP contribution in [0.15, 0.2) is 30.6 Å². The van der Waals surface area contributed by atoms with Crippen LogP contribution in [0.1, 0.15) is 5.82 Å². The Morgan fingerprint density at radius 1 is 1.14 bits per heavy atom. The smallest absolute Gasteiger partial charge is 0.245 e. The molecule has 2 heterocycles. The summed E-state index contributed by atoms with van der Waals surface area (Å²) in [6.45, 7) is 0. The molecule has 0 aliphatic rings. The van der Waals surface area contributed by atoms with E-state index in [1.54, 1.807) is 14.2 Å². The molecule has 1 aromatic carbocycles.